The summed E-state index contributed by atoms with van der Waals surface area (Å²) in [5.41, 5.74) is 0. The molecular formula is C12H22N2O2. The van der Waals surface area contributed by atoms with Crippen LogP contribution in [0, 0.1) is 0 Å². The van der Waals surface area contributed by atoms with Gasteiger partial charge in [0.25, 0.3) is 0 Å². The predicted molar refractivity (Wildman–Crippen MR) is 63.0 cm³/mol. The largest absolute Gasteiger partial charge is 0.344 e. The Bertz CT molecular complexity index is 262. The van der Waals surface area contributed by atoms with Crippen LogP contribution in [0.25, 0.3) is 0 Å². The number of hydrogen-bond donors (Lipinski definition) is 0. The second kappa shape index (κ2) is 5.87. The van der Waals surface area contributed by atoms with Crippen molar-refractivity contribution in [2.24, 2.45) is 0 Å². The second-order valence-corrected chi connectivity index (χ2v) is 4.55. The minimum atomic E-state index is 0.0136. The summed E-state index contributed by atoms with van der Waals surface area (Å²) in [6.45, 7) is 4.67. The van der Waals surface area contributed by atoms with Crippen LogP contribution in [0.2, 0.25) is 0 Å². The third-order valence-corrected chi connectivity index (χ3v) is 2.97. The van der Waals surface area contributed by atoms with E-state index in [9.17, 15) is 9.59 Å². The number of hydrogen-bond acceptors (Lipinski definition) is 2. The first kappa shape index (κ1) is 13.0. The van der Waals surface area contributed by atoms with E-state index >= 15 is 0 Å². The van der Waals surface area contributed by atoms with Crippen LogP contribution in [0.1, 0.15) is 39.5 Å². The number of unbranched alkanes of at least 4 members (excludes halogenated alkanes) is 1. The van der Waals surface area contributed by atoms with Gasteiger partial charge in [-0.3, -0.25) is 9.59 Å². The second-order valence-electron chi connectivity index (χ2n) is 4.55. The van der Waals surface area contributed by atoms with Gasteiger partial charge < -0.3 is 9.80 Å². The van der Waals surface area contributed by atoms with Gasteiger partial charge in [0, 0.05) is 26.6 Å². The van der Waals surface area contributed by atoms with Crippen LogP contribution < -0.4 is 0 Å². The average molecular weight is 226 g/mol. The quantitative estimate of drug-likeness (QED) is 0.684. The van der Waals surface area contributed by atoms with Gasteiger partial charge in [0.15, 0.2) is 0 Å². The predicted octanol–water partition coefficient (Wildman–Crippen LogP) is 1.26. The Kier molecular flexibility index (Phi) is 4.77. The van der Waals surface area contributed by atoms with Crippen LogP contribution >= 0.6 is 0 Å². The zero-order valence-corrected chi connectivity index (χ0v) is 10.5. The van der Waals surface area contributed by atoms with Crippen molar-refractivity contribution in [1.29, 1.82) is 0 Å². The molecule has 1 rings (SSSR count). The van der Waals surface area contributed by atoms with E-state index in [1.165, 1.54) is 6.92 Å². The molecule has 1 aliphatic carbocycles. The number of rotatable bonds is 6. The van der Waals surface area contributed by atoms with Gasteiger partial charge in [-0.2, -0.15) is 0 Å². The number of likely N-dealkylation sites (N-methyl/N-ethyl adjacent to an activating group) is 1. The SMILES string of the molecule is CCCCN(C)C(=O)CN(C(C)=O)C1CC1. The van der Waals surface area contributed by atoms with E-state index in [1.54, 1.807) is 9.80 Å². The van der Waals surface area contributed by atoms with Crippen molar-refractivity contribution in [2.45, 2.75) is 45.6 Å². The summed E-state index contributed by atoms with van der Waals surface area (Å²) in [7, 11) is 1.81. The van der Waals surface area contributed by atoms with E-state index < -0.39 is 0 Å². The lowest BCUT2D eigenvalue weighted by Crippen LogP contribution is -2.42. The summed E-state index contributed by atoms with van der Waals surface area (Å²) >= 11 is 0. The van der Waals surface area contributed by atoms with Gasteiger partial charge in [-0.05, 0) is 19.3 Å². The number of amides is 2. The Labute approximate surface area is 97.6 Å². The van der Waals surface area contributed by atoms with Crippen molar-refractivity contribution in [1.82, 2.24) is 9.80 Å². The highest BCUT2D eigenvalue weighted by Gasteiger charge is 2.32. The van der Waals surface area contributed by atoms with E-state index in [0.29, 0.717) is 6.04 Å². The van der Waals surface area contributed by atoms with Crippen LogP contribution in [0.3, 0.4) is 0 Å². The van der Waals surface area contributed by atoms with Gasteiger partial charge in [-0.1, -0.05) is 13.3 Å². The lowest BCUT2D eigenvalue weighted by molar-refractivity contribution is -0.139. The van der Waals surface area contributed by atoms with Crippen LogP contribution in [0.5, 0.6) is 0 Å². The third kappa shape index (κ3) is 3.83. The molecule has 0 unspecified atom stereocenters. The topological polar surface area (TPSA) is 40.6 Å². The standard InChI is InChI=1S/C12H22N2O2/c1-4-5-8-13(3)12(16)9-14(10(2)15)11-6-7-11/h11H,4-9H2,1-3H3. The van der Waals surface area contributed by atoms with E-state index in [-0.39, 0.29) is 18.4 Å². The fraction of sp³-hybridized carbons (Fsp3) is 0.833. The van der Waals surface area contributed by atoms with Gasteiger partial charge in [0.1, 0.15) is 0 Å². The Morgan fingerprint density at radius 3 is 2.38 bits per heavy atom. The average Bonchev–Trinajstić information content (AvgIpc) is 3.05. The molecule has 0 spiro atoms. The Balaban J connectivity index is 2.38. The first-order valence-corrected chi connectivity index (χ1v) is 6.07. The first-order chi connectivity index (χ1) is 7.56. The summed E-state index contributed by atoms with van der Waals surface area (Å²) in [5, 5.41) is 0. The minimum Gasteiger partial charge on any atom is -0.344 e. The van der Waals surface area contributed by atoms with Gasteiger partial charge in [0.05, 0.1) is 6.54 Å². The smallest absolute Gasteiger partial charge is 0.241 e. The zero-order valence-electron chi connectivity index (χ0n) is 10.5. The van der Waals surface area contributed by atoms with Crippen molar-refractivity contribution in [3.63, 3.8) is 0 Å². The van der Waals surface area contributed by atoms with Crippen LogP contribution in [0.15, 0.2) is 0 Å². The molecule has 1 aliphatic rings. The molecular weight excluding hydrogens is 204 g/mol. The Hall–Kier alpha value is -1.06. The monoisotopic (exact) mass is 226 g/mol. The highest BCUT2D eigenvalue weighted by Crippen LogP contribution is 2.26. The molecule has 4 heteroatoms. The summed E-state index contributed by atoms with van der Waals surface area (Å²) < 4.78 is 0. The fourth-order valence-electron chi connectivity index (χ4n) is 1.67. The maximum atomic E-state index is 11.8. The molecule has 0 radical (unpaired) electrons. The Morgan fingerprint density at radius 2 is 1.94 bits per heavy atom. The van der Waals surface area contributed by atoms with Gasteiger partial charge in [-0.15, -0.1) is 0 Å². The maximum absolute atomic E-state index is 11.8. The lowest BCUT2D eigenvalue weighted by atomic mass is 10.3. The molecule has 0 N–H and O–H groups in total. The van der Waals surface area contributed by atoms with Gasteiger partial charge in [-0.25, -0.2) is 0 Å². The number of carbonyl (C=O) groups excluding carboxylic acids is 2. The molecule has 1 fully saturated rings. The van der Waals surface area contributed by atoms with Crippen molar-refractivity contribution < 1.29 is 9.59 Å². The fourth-order valence-corrected chi connectivity index (χ4v) is 1.67. The van der Waals surface area contributed by atoms with E-state index in [1.807, 2.05) is 7.05 Å². The van der Waals surface area contributed by atoms with Crippen LogP contribution in [0.4, 0.5) is 0 Å². The molecule has 0 aliphatic heterocycles. The Morgan fingerprint density at radius 1 is 1.31 bits per heavy atom. The summed E-state index contributed by atoms with van der Waals surface area (Å²) in [5.74, 6) is 0.0651. The molecule has 1 saturated carbocycles. The van der Waals surface area contributed by atoms with Gasteiger partial charge >= 0.3 is 0 Å². The molecule has 16 heavy (non-hydrogen) atoms. The molecule has 0 atom stereocenters. The number of nitrogens with zero attached hydrogens (tertiary/aromatic N) is 2. The van der Waals surface area contributed by atoms with Gasteiger partial charge in [0.2, 0.25) is 11.8 Å². The highest BCUT2D eigenvalue weighted by molar-refractivity contribution is 5.84. The highest BCUT2D eigenvalue weighted by atomic mass is 16.2. The molecule has 4 nitrogen and oxygen atoms in total. The van der Waals surface area contributed by atoms with Crippen LogP contribution in [-0.2, 0) is 9.59 Å². The summed E-state index contributed by atoms with van der Waals surface area (Å²) in [4.78, 5) is 26.6. The van der Waals surface area contributed by atoms with E-state index in [4.69, 9.17) is 0 Å². The normalized spacial score (nSPS) is 14.7. The molecule has 0 aromatic rings. The first-order valence-electron chi connectivity index (χ1n) is 6.07. The van der Waals surface area contributed by atoms with Crippen molar-refractivity contribution in [3.05, 3.63) is 0 Å². The third-order valence-electron chi connectivity index (χ3n) is 2.97. The summed E-state index contributed by atoms with van der Waals surface area (Å²) in [6, 6.07) is 0.320. The molecule has 0 bridgehead atoms. The number of carbonyl (C=O) groups is 2. The lowest BCUT2D eigenvalue weighted by Gasteiger charge is -2.24. The molecule has 92 valence electrons. The molecule has 0 saturated heterocycles. The molecule has 0 aromatic heterocycles. The molecule has 0 heterocycles. The van der Waals surface area contributed by atoms with Crippen LogP contribution in [-0.4, -0.2) is 47.8 Å². The van der Waals surface area contributed by atoms with E-state index in [2.05, 4.69) is 6.92 Å². The van der Waals surface area contributed by atoms with Crippen molar-refractivity contribution in [2.75, 3.05) is 20.1 Å². The van der Waals surface area contributed by atoms with Crippen molar-refractivity contribution in [3.8, 4) is 0 Å². The zero-order chi connectivity index (χ0) is 12.1. The minimum absolute atomic E-state index is 0.0136. The maximum Gasteiger partial charge on any atom is 0.241 e. The molecule has 0 aromatic carbocycles. The summed E-state index contributed by atoms with van der Waals surface area (Å²) in [6.07, 6.45) is 4.19. The van der Waals surface area contributed by atoms with Crippen molar-refractivity contribution >= 4 is 11.8 Å². The van der Waals surface area contributed by atoms with E-state index in [0.717, 1.165) is 32.2 Å². The molecule has 2 amide bonds.